The van der Waals surface area contributed by atoms with Crippen LogP contribution in [0.25, 0.3) is 10.8 Å². The Morgan fingerprint density at radius 1 is 1.43 bits per heavy atom. The summed E-state index contributed by atoms with van der Waals surface area (Å²) in [6.45, 7) is 1.32. The third kappa shape index (κ3) is 3.29. The molecule has 112 valence electrons. The predicted molar refractivity (Wildman–Crippen MR) is 77.8 cm³/mol. The van der Waals surface area contributed by atoms with E-state index in [0.29, 0.717) is 29.1 Å². The van der Waals surface area contributed by atoms with Gasteiger partial charge >= 0.3 is 0 Å². The second kappa shape index (κ2) is 6.33. The Morgan fingerprint density at radius 2 is 2.24 bits per heavy atom. The third-order valence-corrected chi connectivity index (χ3v) is 4.32. The quantitative estimate of drug-likeness (QED) is 0.887. The number of nitrogens with one attached hydrogen (secondary N) is 1. The normalized spacial score (nSPS) is 17.6. The Morgan fingerprint density at radius 3 is 2.95 bits per heavy atom. The minimum Gasteiger partial charge on any atom is -0.462 e. The van der Waals surface area contributed by atoms with Crippen molar-refractivity contribution in [1.82, 2.24) is 10.2 Å². The van der Waals surface area contributed by atoms with Crippen LogP contribution in [0.4, 0.5) is 5.13 Å². The Hall–Kier alpha value is -1.77. The van der Waals surface area contributed by atoms with Crippen LogP contribution in [0.2, 0.25) is 0 Å². The average Bonchev–Trinajstić information content (AvgIpc) is 3.18. The molecule has 7 nitrogen and oxygen atoms in total. The first-order chi connectivity index (χ1) is 10.2. The molecule has 1 amide bonds. The molecule has 2 aromatic heterocycles. The van der Waals surface area contributed by atoms with Crippen molar-refractivity contribution in [3.05, 3.63) is 18.4 Å². The molecule has 1 saturated heterocycles. The van der Waals surface area contributed by atoms with Gasteiger partial charge in [0.1, 0.15) is 0 Å². The van der Waals surface area contributed by atoms with Crippen molar-refractivity contribution in [2.75, 3.05) is 18.5 Å². The van der Waals surface area contributed by atoms with E-state index in [1.54, 1.807) is 18.4 Å². The van der Waals surface area contributed by atoms with E-state index in [4.69, 9.17) is 14.9 Å². The van der Waals surface area contributed by atoms with Crippen molar-refractivity contribution in [1.29, 1.82) is 0 Å². The molecule has 3 heterocycles. The molecule has 1 unspecified atom stereocenters. The van der Waals surface area contributed by atoms with E-state index in [-0.39, 0.29) is 11.8 Å². The third-order valence-electron chi connectivity index (χ3n) is 3.46. The molecule has 0 radical (unpaired) electrons. The summed E-state index contributed by atoms with van der Waals surface area (Å²) in [6.07, 6.45) is 3.18. The number of amides is 1. The van der Waals surface area contributed by atoms with Crippen LogP contribution in [-0.4, -0.2) is 35.4 Å². The molecular formula is C13H16N4O3S. The van der Waals surface area contributed by atoms with Crippen molar-refractivity contribution < 1.29 is 13.9 Å². The van der Waals surface area contributed by atoms with Crippen LogP contribution < -0.4 is 11.1 Å². The summed E-state index contributed by atoms with van der Waals surface area (Å²) in [5.74, 6) is 0.544. The molecule has 0 saturated carbocycles. The molecule has 1 fully saturated rings. The van der Waals surface area contributed by atoms with Crippen LogP contribution in [0, 0.1) is 5.92 Å². The van der Waals surface area contributed by atoms with E-state index in [2.05, 4.69) is 15.5 Å². The van der Waals surface area contributed by atoms with E-state index < -0.39 is 6.04 Å². The molecule has 0 aromatic carbocycles. The number of anilines is 1. The summed E-state index contributed by atoms with van der Waals surface area (Å²) < 4.78 is 10.5. The maximum absolute atomic E-state index is 12.1. The van der Waals surface area contributed by atoms with E-state index in [9.17, 15) is 4.79 Å². The van der Waals surface area contributed by atoms with Crippen molar-refractivity contribution in [2.45, 2.75) is 18.9 Å². The number of nitrogens with two attached hydrogens (primary N) is 1. The number of ether oxygens (including phenoxy) is 1. The summed E-state index contributed by atoms with van der Waals surface area (Å²) in [7, 11) is 0. The highest BCUT2D eigenvalue weighted by molar-refractivity contribution is 7.18. The summed E-state index contributed by atoms with van der Waals surface area (Å²) in [6, 6.07) is 3.01. The van der Waals surface area contributed by atoms with E-state index >= 15 is 0 Å². The number of hydrogen-bond acceptors (Lipinski definition) is 7. The SMILES string of the molecule is NC(C(=O)Nc1nnc(-c2ccco2)s1)C1CCOCC1. The van der Waals surface area contributed by atoms with Gasteiger partial charge in [0, 0.05) is 13.2 Å². The zero-order chi connectivity index (χ0) is 14.7. The van der Waals surface area contributed by atoms with Gasteiger partial charge in [-0.25, -0.2) is 0 Å². The van der Waals surface area contributed by atoms with Gasteiger partial charge in [0.25, 0.3) is 0 Å². The maximum atomic E-state index is 12.1. The fourth-order valence-electron chi connectivity index (χ4n) is 2.25. The molecule has 0 spiro atoms. The Balaban J connectivity index is 1.62. The first-order valence-electron chi connectivity index (χ1n) is 6.75. The van der Waals surface area contributed by atoms with Crippen LogP contribution in [-0.2, 0) is 9.53 Å². The minimum absolute atomic E-state index is 0.149. The van der Waals surface area contributed by atoms with Gasteiger partial charge in [0.05, 0.1) is 12.3 Å². The van der Waals surface area contributed by atoms with Gasteiger partial charge in [-0.15, -0.1) is 10.2 Å². The highest BCUT2D eigenvalue weighted by Crippen LogP contribution is 2.27. The highest BCUT2D eigenvalue weighted by atomic mass is 32.1. The van der Waals surface area contributed by atoms with Gasteiger partial charge in [0.15, 0.2) is 10.8 Å². The van der Waals surface area contributed by atoms with Gasteiger partial charge in [-0.1, -0.05) is 11.3 Å². The lowest BCUT2D eigenvalue weighted by Gasteiger charge is -2.26. The molecule has 8 heteroatoms. The second-order valence-electron chi connectivity index (χ2n) is 4.85. The summed E-state index contributed by atoms with van der Waals surface area (Å²) in [4.78, 5) is 12.1. The molecular weight excluding hydrogens is 292 g/mol. The second-order valence-corrected chi connectivity index (χ2v) is 5.83. The van der Waals surface area contributed by atoms with Crippen LogP contribution >= 0.6 is 11.3 Å². The smallest absolute Gasteiger partial charge is 0.243 e. The van der Waals surface area contributed by atoms with E-state index in [1.165, 1.54) is 11.3 Å². The molecule has 1 atom stereocenters. The number of aromatic nitrogens is 2. The van der Waals surface area contributed by atoms with Crippen LogP contribution in [0.1, 0.15) is 12.8 Å². The zero-order valence-corrected chi connectivity index (χ0v) is 12.1. The lowest BCUT2D eigenvalue weighted by molar-refractivity contribution is -0.119. The standard InChI is InChI=1S/C13H16N4O3S/c14-10(8-3-6-19-7-4-8)11(18)15-13-17-16-12(21-13)9-2-1-5-20-9/h1-2,5,8,10H,3-4,6-7,14H2,(H,15,17,18). The first-order valence-corrected chi connectivity index (χ1v) is 7.57. The monoisotopic (exact) mass is 308 g/mol. The molecule has 3 N–H and O–H groups in total. The lowest BCUT2D eigenvalue weighted by atomic mass is 9.92. The van der Waals surface area contributed by atoms with E-state index in [1.807, 2.05) is 0 Å². The van der Waals surface area contributed by atoms with Crippen molar-refractivity contribution in [3.8, 4) is 10.8 Å². The van der Waals surface area contributed by atoms with Gasteiger partial charge < -0.3 is 14.9 Å². The number of nitrogens with zero attached hydrogens (tertiary/aromatic N) is 2. The van der Waals surface area contributed by atoms with E-state index in [0.717, 1.165) is 12.8 Å². The largest absolute Gasteiger partial charge is 0.462 e. The molecule has 3 rings (SSSR count). The van der Waals surface area contributed by atoms with Gasteiger partial charge in [-0.05, 0) is 30.9 Å². The highest BCUT2D eigenvalue weighted by Gasteiger charge is 2.27. The Kier molecular flexibility index (Phi) is 4.28. The average molecular weight is 308 g/mol. The molecule has 21 heavy (non-hydrogen) atoms. The molecule has 1 aliphatic heterocycles. The van der Waals surface area contributed by atoms with Crippen LogP contribution in [0.3, 0.4) is 0 Å². The van der Waals surface area contributed by atoms with Crippen molar-refractivity contribution in [2.24, 2.45) is 11.7 Å². The van der Waals surface area contributed by atoms with Crippen LogP contribution in [0.15, 0.2) is 22.8 Å². The first kappa shape index (κ1) is 14.2. The van der Waals surface area contributed by atoms with Gasteiger partial charge in [-0.3, -0.25) is 10.1 Å². The van der Waals surface area contributed by atoms with Gasteiger partial charge in [0.2, 0.25) is 11.0 Å². The Labute approximate surface area is 125 Å². The number of hydrogen-bond donors (Lipinski definition) is 2. The fraction of sp³-hybridized carbons (Fsp3) is 0.462. The fourth-order valence-corrected chi connectivity index (χ4v) is 2.97. The number of furan rings is 1. The number of rotatable bonds is 4. The van der Waals surface area contributed by atoms with Gasteiger partial charge in [-0.2, -0.15) is 0 Å². The molecule has 0 bridgehead atoms. The Bertz CT molecular complexity index is 592. The molecule has 1 aliphatic rings. The number of carbonyl (C=O) groups excluding carboxylic acids is 1. The molecule has 0 aliphatic carbocycles. The minimum atomic E-state index is -0.551. The summed E-state index contributed by atoms with van der Waals surface area (Å²) in [5, 5.41) is 11.7. The maximum Gasteiger partial charge on any atom is 0.243 e. The topological polar surface area (TPSA) is 103 Å². The molecule has 2 aromatic rings. The summed E-state index contributed by atoms with van der Waals surface area (Å²) >= 11 is 1.25. The predicted octanol–water partition coefficient (Wildman–Crippen LogP) is 1.49. The van der Waals surface area contributed by atoms with Crippen molar-refractivity contribution in [3.63, 3.8) is 0 Å². The summed E-state index contributed by atoms with van der Waals surface area (Å²) in [5.41, 5.74) is 6.01. The number of carbonyl (C=O) groups is 1. The lowest BCUT2D eigenvalue weighted by Crippen LogP contribution is -2.43. The zero-order valence-electron chi connectivity index (χ0n) is 11.3. The van der Waals surface area contributed by atoms with Crippen LogP contribution in [0.5, 0.6) is 0 Å². The van der Waals surface area contributed by atoms with Crippen molar-refractivity contribution >= 4 is 22.4 Å².